The minimum absolute atomic E-state index is 0.0375. The minimum Gasteiger partial charge on any atom is -0.480 e. The molecule has 3 N–H and O–H groups in total. The van der Waals surface area contributed by atoms with E-state index in [0.29, 0.717) is 73.5 Å². The molecule has 0 aliphatic rings. The molecule has 0 aliphatic heterocycles. The van der Waals surface area contributed by atoms with Crippen molar-refractivity contribution in [2.24, 2.45) is 0 Å². The molecule has 2 radical (unpaired) electrons. The van der Waals surface area contributed by atoms with Gasteiger partial charge in [-0.25, -0.2) is 44.9 Å². The standard InChI is InChI=1S/C17H12F3N7O2S.C9H9N5O.C8H4BrF3N2OS.C5H7N3O.C4H3ClN2.BI/c1-28-14-8-23-13(7-24-14)27(12-6-21-4-5-22-12)9-10-2-3-11(30-10)15-25-16(29-26-15)17(18,19)20;1-15-9-6-12-8(5-13-9)14-7-4-10-2-3-11-7;9-3-4-1-2-5(16-4)6-13-7(15-14-6)8(10,11)12;1-9-5-3-7-4(6)2-8-5;5-4-3-6-1-2-7-4;1-2/h2-8H,9H2,1H3;2-6H,1H3,(H,11,12,14);1-2H,3H2;2-3H,1H3,(H2,6,7);1-3H;. The van der Waals surface area contributed by atoms with Gasteiger partial charge in [0.15, 0.2) is 17.3 Å². The zero-order valence-corrected chi connectivity index (χ0v) is 46.5. The van der Waals surface area contributed by atoms with Crippen molar-refractivity contribution < 1.29 is 49.6 Å². The largest absolute Gasteiger partial charge is 0.480 e. The van der Waals surface area contributed by atoms with E-state index in [1.807, 2.05) is 0 Å². The van der Waals surface area contributed by atoms with Crippen LogP contribution in [0, 0.1) is 0 Å². The molecule has 10 aromatic heterocycles. The summed E-state index contributed by atoms with van der Waals surface area (Å²) in [4.78, 5) is 59.0. The smallest absolute Gasteiger partial charge is 0.471 e. The molecular formula is C43H35BBrClF6IN19O5S2. The number of anilines is 5. The zero-order chi connectivity index (χ0) is 57.2. The lowest BCUT2D eigenvalue weighted by Crippen LogP contribution is -2.18. The molecule has 0 spiro atoms. The summed E-state index contributed by atoms with van der Waals surface area (Å²) >= 11 is 12.8. The Hall–Kier alpha value is -7.90. The number of methoxy groups -OCH3 is 3. The second-order valence-corrected chi connectivity index (χ2v) is 17.0. The van der Waals surface area contributed by atoms with Crippen LogP contribution in [0.5, 0.6) is 17.6 Å². The lowest BCUT2D eigenvalue weighted by atomic mass is 10.3. The number of alkyl halides is 7. The summed E-state index contributed by atoms with van der Waals surface area (Å²) in [7, 11) is 4.55. The fourth-order valence-electron chi connectivity index (χ4n) is 5.14. The van der Waals surface area contributed by atoms with E-state index < -0.39 is 24.1 Å². The molecule has 0 amide bonds. The Morgan fingerprint density at radius 3 is 1.49 bits per heavy atom. The van der Waals surface area contributed by atoms with Crippen LogP contribution >= 0.6 is 72.6 Å². The van der Waals surface area contributed by atoms with Gasteiger partial charge in [-0.1, -0.05) is 37.8 Å². The lowest BCUT2D eigenvalue weighted by Gasteiger charge is -2.21. The van der Waals surface area contributed by atoms with E-state index in [1.54, 1.807) is 108 Å². The summed E-state index contributed by atoms with van der Waals surface area (Å²) in [6.45, 7) is 0.314. The molecule has 0 saturated carbocycles. The predicted octanol–water partition coefficient (Wildman–Crippen LogP) is 10.2. The summed E-state index contributed by atoms with van der Waals surface area (Å²) in [6.07, 6.45) is 13.8. The molecule has 0 bridgehead atoms. The SMILES string of the molecule is COc1cnc(N(Cc2ccc(-c3noc(C(F)(F)F)n3)s2)c2cnccn2)cn1.COc1cnc(N)cn1.COc1cnc(Nc2cnccn2)cn1.Clc1cnccn1.FC(F)(F)c1nc(-c2ccc(CBr)s2)no1.[B]I. The number of nitrogens with two attached hydrogens (primary N) is 1. The highest BCUT2D eigenvalue weighted by molar-refractivity contribution is 14.1. The molecule has 10 rings (SSSR count). The van der Waals surface area contributed by atoms with E-state index in [1.165, 1.54) is 80.3 Å². The van der Waals surface area contributed by atoms with E-state index in [-0.39, 0.29) is 11.6 Å². The fraction of sp³-hybridized carbons (Fsp3) is 0.163. The van der Waals surface area contributed by atoms with Crippen molar-refractivity contribution in [1.82, 2.24) is 80.1 Å². The first-order valence-electron chi connectivity index (χ1n) is 21.1. The lowest BCUT2D eigenvalue weighted by molar-refractivity contribution is -0.160. The number of halogens is 9. The molecule has 10 aromatic rings. The molecule has 10 heterocycles. The summed E-state index contributed by atoms with van der Waals surface area (Å²) in [5.41, 5.74) is 9.72. The van der Waals surface area contributed by atoms with Crippen molar-refractivity contribution in [1.29, 1.82) is 0 Å². The maximum absolute atomic E-state index is 12.7. The van der Waals surface area contributed by atoms with Crippen LogP contribution in [0.3, 0.4) is 0 Å². The van der Waals surface area contributed by atoms with Crippen molar-refractivity contribution in [3.05, 3.63) is 144 Å². The van der Waals surface area contributed by atoms with Crippen LogP contribution in [-0.2, 0) is 24.2 Å². The summed E-state index contributed by atoms with van der Waals surface area (Å²) in [5, 5.41) is 10.7. The van der Waals surface area contributed by atoms with Gasteiger partial charge in [-0.15, -0.1) is 22.7 Å². The first kappa shape index (κ1) is 62.0. The van der Waals surface area contributed by atoms with E-state index in [2.05, 4.69) is 116 Å². The van der Waals surface area contributed by atoms with Crippen LogP contribution in [0.2, 0.25) is 5.15 Å². The van der Waals surface area contributed by atoms with Crippen molar-refractivity contribution in [2.75, 3.05) is 37.3 Å². The molecule has 0 fully saturated rings. The van der Waals surface area contributed by atoms with Gasteiger partial charge < -0.3 is 39.2 Å². The molecule has 0 aromatic carbocycles. The van der Waals surface area contributed by atoms with Crippen LogP contribution in [-0.4, -0.2) is 107 Å². The number of rotatable bonds is 12. The van der Waals surface area contributed by atoms with Gasteiger partial charge in [-0.3, -0.25) is 15.0 Å². The zero-order valence-electron chi connectivity index (χ0n) is 40.4. The van der Waals surface area contributed by atoms with Crippen molar-refractivity contribution in [3.8, 4) is 39.0 Å². The van der Waals surface area contributed by atoms with Crippen LogP contribution in [0.1, 0.15) is 21.5 Å². The molecular weight excluding hydrogens is 1290 g/mol. The number of hydrogen-bond donors (Lipinski definition) is 2. The fourth-order valence-corrected chi connectivity index (χ4v) is 7.49. The molecule has 0 aliphatic carbocycles. The average Bonchev–Trinajstić information content (AvgIpc) is 4.37. The normalized spacial score (nSPS) is 10.5. The second kappa shape index (κ2) is 31.5. The molecule has 79 heavy (non-hydrogen) atoms. The van der Waals surface area contributed by atoms with E-state index in [4.69, 9.17) is 31.5 Å². The van der Waals surface area contributed by atoms with Crippen molar-refractivity contribution >= 4 is 107 Å². The van der Waals surface area contributed by atoms with Gasteiger partial charge in [-0.05, 0) is 24.3 Å². The highest BCUT2D eigenvalue weighted by Crippen LogP contribution is 2.34. The average molecular weight is 1330 g/mol. The number of nitrogens with zero attached hydrogens (tertiary/aromatic N) is 17. The third-order valence-electron chi connectivity index (χ3n) is 8.52. The third kappa shape index (κ3) is 20.4. The Morgan fingerprint density at radius 1 is 0.595 bits per heavy atom. The van der Waals surface area contributed by atoms with Gasteiger partial charge in [0.2, 0.25) is 29.3 Å². The van der Waals surface area contributed by atoms with Crippen LogP contribution in [0.15, 0.2) is 126 Å². The molecule has 0 unspecified atom stereocenters. The maximum atomic E-state index is 12.7. The van der Waals surface area contributed by atoms with Gasteiger partial charge in [0.25, 0.3) is 0 Å². The summed E-state index contributed by atoms with van der Waals surface area (Å²) < 4.78 is 97.7. The third-order valence-corrected chi connectivity index (χ3v) is 11.8. The number of aromatic nitrogens is 16. The van der Waals surface area contributed by atoms with Gasteiger partial charge in [0, 0.05) is 52.3 Å². The topological polar surface area (TPSA) is 301 Å². The first-order valence-corrected chi connectivity index (χ1v) is 25.5. The van der Waals surface area contributed by atoms with Crippen molar-refractivity contribution in [3.63, 3.8) is 0 Å². The Labute approximate surface area is 478 Å². The van der Waals surface area contributed by atoms with Gasteiger partial charge in [0.05, 0.1) is 93.4 Å². The number of nitrogens with one attached hydrogen (secondary N) is 1. The molecule has 24 nitrogen and oxygen atoms in total. The number of hydrogen-bond acceptors (Lipinski definition) is 26. The number of nitrogen functional groups attached to an aromatic ring is 1. The quantitative estimate of drug-likeness (QED) is 0.0497. The Morgan fingerprint density at radius 2 is 1.09 bits per heavy atom. The Kier molecular flexibility index (Phi) is 24.7. The van der Waals surface area contributed by atoms with Gasteiger partial charge in [-0.2, -0.15) is 58.7 Å². The van der Waals surface area contributed by atoms with E-state index >= 15 is 0 Å². The monoisotopic (exact) mass is 1330 g/mol. The molecule has 0 saturated heterocycles. The molecule has 410 valence electrons. The highest BCUT2D eigenvalue weighted by atomic mass is 127. The second-order valence-electron chi connectivity index (χ2n) is 13.7. The van der Waals surface area contributed by atoms with Crippen LogP contribution in [0.25, 0.3) is 21.4 Å². The molecule has 36 heteroatoms. The van der Waals surface area contributed by atoms with E-state index in [9.17, 15) is 26.3 Å². The summed E-state index contributed by atoms with van der Waals surface area (Å²) in [5.74, 6) is 1.05. The highest BCUT2D eigenvalue weighted by Gasteiger charge is 2.39. The number of thiophene rings is 2. The summed E-state index contributed by atoms with van der Waals surface area (Å²) in [6, 6.07) is 6.83. The minimum atomic E-state index is -4.69. The van der Waals surface area contributed by atoms with Crippen molar-refractivity contribution in [2.45, 2.75) is 24.2 Å². The van der Waals surface area contributed by atoms with Crippen LogP contribution in [0.4, 0.5) is 55.4 Å². The maximum Gasteiger partial charge on any atom is 0.471 e. The van der Waals surface area contributed by atoms with Crippen LogP contribution < -0.4 is 30.2 Å². The molecule has 0 atom stereocenters. The Balaban J connectivity index is 0.000000198. The number of ether oxygens (including phenoxy) is 3. The van der Waals surface area contributed by atoms with Gasteiger partial charge >= 0.3 is 24.1 Å². The van der Waals surface area contributed by atoms with E-state index in [0.717, 1.165) is 9.75 Å². The Bertz CT molecular complexity index is 3300. The first-order chi connectivity index (χ1) is 38.0. The van der Waals surface area contributed by atoms with Gasteiger partial charge in [0.1, 0.15) is 22.6 Å². The predicted molar refractivity (Wildman–Crippen MR) is 288 cm³/mol.